The van der Waals surface area contributed by atoms with Crippen molar-refractivity contribution in [2.75, 3.05) is 0 Å². The Bertz CT molecular complexity index is 609. The number of carbonyl (C=O) groups excluding carboxylic acids is 1. The quantitative estimate of drug-likeness (QED) is 0.803. The third-order valence-corrected chi connectivity index (χ3v) is 4.41. The molecule has 0 aromatic heterocycles. The fourth-order valence-corrected chi connectivity index (χ4v) is 3.17. The zero-order valence-corrected chi connectivity index (χ0v) is 12.8. The van der Waals surface area contributed by atoms with Gasteiger partial charge in [0.05, 0.1) is 13.2 Å². The van der Waals surface area contributed by atoms with Gasteiger partial charge in [-0.15, -0.1) is 0 Å². The average Bonchev–Trinajstić information content (AvgIpc) is 2.57. The Morgan fingerprint density at radius 2 is 1.55 bits per heavy atom. The van der Waals surface area contributed by atoms with E-state index in [4.69, 9.17) is 4.74 Å². The summed E-state index contributed by atoms with van der Waals surface area (Å²) in [5, 5.41) is 0. The van der Waals surface area contributed by atoms with E-state index in [1.54, 1.807) is 0 Å². The van der Waals surface area contributed by atoms with Crippen LogP contribution in [0, 0.1) is 0 Å². The van der Waals surface area contributed by atoms with Gasteiger partial charge in [0, 0.05) is 12.8 Å². The molecular weight excluding hydrogens is 272 g/mol. The summed E-state index contributed by atoms with van der Waals surface area (Å²) in [6.45, 7) is 1.27. The van der Waals surface area contributed by atoms with Gasteiger partial charge < -0.3 is 4.74 Å². The van der Waals surface area contributed by atoms with Gasteiger partial charge in [0.25, 0.3) is 0 Å². The summed E-state index contributed by atoms with van der Waals surface area (Å²) < 4.78 is 5.89. The van der Waals surface area contributed by atoms with E-state index in [0.717, 1.165) is 25.7 Å². The van der Waals surface area contributed by atoms with E-state index in [1.165, 1.54) is 16.7 Å². The highest BCUT2D eigenvalue weighted by Gasteiger charge is 2.21. The number of carbonyl (C=O) groups is 1. The lowest BCUT2D eigenvalue weighted by Crippen LogP contribution is -2.14. The molecular formula is C20H22O2. The molecule has 1 aliphatic carbocycles. The lowest BCUT2D eigenvalue weighted by Gasteiger charge is -2.23. The number of benzene rings is 2. The van der Waals surface area contributed by atoms with E-state index in [1.807, 2.05) is 18.2 Å². The van der Waals surface area contributed by atoms with E-state index >= 15 is 0 Å². The minimum absolute atomic E-state index is 0.411. The van der Waals surface area contributed by atoms with Crippen LogP contribution in [0.4, 0.5) is 0 Å². The Morgan fingerprint density at radius 3 is 2.32 bits per heavy atom. The van der Waals surface area contributed by atoms with Crippen molar-refractivity contribution in [2.45, 2.75) is 44.8 Å². The van der Waals surface area contributed by atoms with Crippen molar-refractivity contribution in [3.05, 3.63) is 71.3 Å². The van der Waals surface area contributed by atoms with Gasteiger partial charge in [0.15, 0.2) is 0 Å². The third-order valence-electron chi connectivity index (χ3n) is 4.41. The Balaban J connectivity index is 1.62. The normalized spacial score (nSPS) is 15.9. The molecule has 0 aliphatic heterocycles. The molecule has 0 radical (unpaired) electrons. The summed E-state index contributed by atoms with van der Waals surface area (Å²) in [7, 11) is 0. The highest BCUT2D eigenvalue weighted by atomic mass is 16.5. The number of hydrogen-bond donors (Lipinski definition) is 0. The number of ether oxygens (including phenoxy) is 1. The minimum atomic E-state index is 0.411. The highest BCUT2D eigenvalue weighted by molar-refractivity contribution is 5.79. The van der Waals surface area contributed by atoms with Crippen molar-refractivity contribution >= 4 is 5.78 Å². The largest absolute Gasteiger partial charge is 0.372 e. The molecule has 22 heavy (non-hydrogen) atoms. The number of ketones is 1. The molecule has 0 heterocycles. The van der Waals surface area contributed by atoms with Crippen molar-refractivity contribution in [1.29, 1.82) is 0 Å². The zero-order chi connectivity index (χ0) is 15.2. The van der Waals surface area contributed by atoms with Crippen LogP contribution in [0.1, 0.15) is 48.3 Å². The molecule has 1 saturated carbocycles. The van der Waals surface area contributed by atoms with E-state index < -0.39 is 0 Å². The highest BCUT2D eigenvalue weighted by Crippen LogP contribution is 2.33. The number of hydrogen-bond acceptors (Lipinski definition) is 2. The van der Waals surface area contributed by atoms with Crippen LogP contribution in [0.3, 0.4) is 0 Å². The zero-order valence-electron chi connectivity index (χ0n) is 12.8. The van der Waals surface area contributed by atoms with Crippen LogP contribution in [-0.2, 0) is 22.7 Å². The summed E-state index contributed by atoms with van der Waals surface area (Å²) in [5.74, 6) is 0.920. The Morgan fingerprint density at radius 1 is 0.864 bits per heavy atom. The van der Waals surface area contributed by atoms with E-state index in [2.05, 4.69) is 36.4 Å². The SMILES string of the molecule is O=C1CCC(c2ccccc2COCc2ccccc2)CC1. The van der Waals surface area contributed by atoms with Gasteiger partial charge in [-0.1, -0.05) is 54.6 Å². The minimum Gasteiger partial charge on any atom is -0.372 e. The maximum absolute atomic E-state index is 11.4. The molecule has 1 fully saturated rings. The maximum Gasteiger partial charge on any atom is 0.132 e. The number of Topliss-reactive ketones (excluding diaryl/α,β-unsaturated/α-hetero) is 1. The fourth-order valence-electron chi connectivity index (χ4n) is 3.17. The molecule has 0 spiro atoms. The topological polar surface area (TPSA) is 26.3 Å². The first-order chi connectivity index (χ1) is 10.8. The van der Waals surface area contributed by atoms with Gasteiger partial charge in [-0.2, -0.15) is 0 Å². The Hall–Kier alpha value is -1.93. The Kier molecular flexibility index (Phi) is 5.02. The lowest BCUT2D eigenvalue weighted by atomic mass is 9.82. The molecule has 0 unspecified atom stereocenters. The molecule has 0 amide bonds. The van der Waals surface area contributed by atoms with Gasteiger partial charge in [0.2, 0.25) is 0 Å². The van der Waals surface area contributed by atoms with Gasteiger partial charge in [-0.05, 0) is 35.4 Å². The second-order valence-corrected chi connectivity index (χ2v) is 5.99. The summed E-state index contributed by atoms with van der Waals surface area (Å²) in [4.78, 5) is 11.4. The first kappa shape index (κ1) is 15.0. The summed E-state index contributed by atoms with van der Waals surface area (Å²) in [6, 6.07) is 18.8. The van der Waals surface area contributed by atoms with Crippen LogP contribution in [-0.4, -0.2) is 5.78 Å². The third kappa shape index (κ3) is 3.83. The van der Waals surface area contributed by atoms with Gasteiger partial charge >= 0.3 is 0 Å². The fraction of sp³-hybridized carbons (Fsp3) is 0.350. The summed E-state index contributed by atoms with van der Waals surface area (Å²) in [5.41, 5.74) is 3.82. The molecule has 1 aliphatic rings. The second kappa shape index (κ2) is 7.37. The van der Waals surface area contributed by atoms with E-state index in [9.17, 15) is 4.79 Å². The molecule has 2 aromatic carbocycles. The van der Waals surface area contributed by atoms with Crippen LogP contribution in [0.25, 0.3) is 0 Å². The van der Waals surface area contributed by atoms with Crippen LogP contribution < -0.4 is 0 Å². The van der Waals surface area contributed by atoms with Crippen LogP contribution >= 0.6 is 0 Å². The van der Waals surface area contributed by atoms with Crippen molar-refractivity contribution in [3.63, 3.8) is 0 Å². The van der Waals surface area contributed by atoms with Crippen LogP contribution in [0.2, 0.25) is 0 Å². The standard InChI is InChI=1S/C20H22O2/c21-19-12-10-17(11-13-19)20-9-5-4-8-18(20)15-22-14-16-6-2-1-3-7-16/h1-9,17H,10-15H2. The maximum atomic E-state index is 11.4. The molecule has 2 nitrogen and oxygen atoms in total. The molecule has 114 valence electrons. The summed E-state index contributed by atoms with van der Waals surface area (Å²) >= 11 is 0. The molecule has 3 rings (SSSR count). The van der Waals surface area contributed by atoms with Crippen molar-refractivity contribution in [2.24, 2.45) is 0 Å². The molecule has 0 saturated heterocycles. The van der Waals surface area contributed by atoms with Crippen LogP contribution in [0.15, 0.2) is 54.6 Å². The monoisotopic (exact) mass is 294 g/mol. The molecule has 0 atom stereocenters. The van der Waals surface area contributed by atoms with E-state index in [-0.39, 0.29) is 0 Å². The molecule has 2 aromatic rings. The first-order valence-corrected chi connectivity index (χ1v) is 8.04. The smallest absolute Gasteiger partial charge is 0.132 e. The van der Waals surface area contributed by atoms with Gasteiger partial charge in [-0.25, -0.2) is 0 Å². The predicted molar refractivity (Wildman–Crippen MR) is 87.6 cm³/mol. The average molecular weight is 294 g/mol. The van der Waals surface area contributed by atoms with Gasteiger partial charge in [-0.3, -0.25) is 4.79 Å². The van der Waals surface area contributed by atoms with E-state index in [0.29, 0.717) is 24.9 Å². The summed E-state index contributed by atoms with van der Waals surface area (Å²) in [6.07, 6.45) is 3.41. The van der Waals surface area contributed by atoms with Gasteiger partial charge in [0.1, 0.15) is 5.78 Å². The van der Waals surface area contributed by atoms with Crippen molar-refractivity contribution < 1.29 is 9.53 Å². The van der Waals surface area contributed by atoms with Crippen molar-refractivity contribution in [3.8, 4) is 0 Å². The predicted octanol–water partition coefficient (Wildman–Crippen LogP) is 4.63. The van der Waals surface area contributed by atoms with Crippen LogP contribution in [0.5, 0.6) is 0 Å². The Labute approximate surface area is 132 Å². The van der Waals surface area contributed by atoms with Crippen molar-refractivity contribution in [1.82, 2.24) is 0 Å². The molecule has 0 N–H and O–H groups in total. The lowest BCUT2D eigenvalue weighted by molar-refractivity contribution is -0.120. The molecule has 0 bridgehead atoms. The number of rotatable bonds is 5. The second-order valence-electron chi connectivity index (χ2n) is 5.99. The first-order valence-electron chi connectivity index (χ1n) is 8.04. The molecule has 2 heteroatoms.